The number of likely N-dealkylation sites (N-methyl/N-ethyl adjacent to an activating group) is 1. The number of rotatable bonds is 6. The van der Waals surface area contributed by atoms with E-state index in [4.69, 9.17) is 4.98 Å². The molecule has 4 aromatic rings. The molecule has 3 heterocycles. The van der Waals surface area contributed by atoms with Gasteiger partial charge in [0, 0.05) is 61.2 Å². The summed E-state index contributed by atoms with van der Waals surface area (Å²) in [5, 5.41) is 4.15. The molecule has 0 bridgehead atoms. The van der Waals surface area contributed by atoms with Gasteiger partial charge >= 0.3 is 0 Å². The Kier molecular flexibility index (Phi) is 6.52. The van der Waals surface area contributed by atoms with Crippen LogP contribution in [0, 0.1) is 0 Å². The first-order valence-corrected chi connectivity index (χ1v) is 13.3. The predicted molar refractivity (Wildman–Crippen MR) is 156 cm³/mol. The SMILES string of the molecule is CCn1c(=O)c(-c2ccc(C3=CC=CC3)cc2)cc2cnc(Nc3ccc(N4CCN(C)CC4)cc3)nc21. The van der Waals surface area contributed by atoms with Crippen molar-refractivity contribution >= 4 is 33.9 Å². The summed E-state index contributed by atoms with van der Waals surface area (Å²) in [6, 6.07) is 18.5. The third kappa shape index (κ3) is 4.73. The summed E-state index contributed by atoms with van der Waals surface area (Å²) in [4.78, 5) is 27.5. The van der Waals surface area contributed by atoms with Crippen LogP contribution in [-0.2, 0) is 6.54 Å². The molecule has 1 aliphatic carbocycles. The van der Waals surface area contributed by atoms with Crippen LogP contribution in [0.25, 0.3) is 27.7 Å². The summed E-state index contributed by atoms with van der Waals surface area (Å²) in [7, 11) is 2.16. The van der Waals surface area contributed by atoms with E-state index in [1.165, 1.54) is 16.8 Å². The van der Waals surface area contributed by atoms with Crippen molar-refractivity contribution in [3.8, 4) is 11.1 Å². The fraction of sp³-hybridized carbons (Fsp3) is 0.258. The molecule has 2 aliphatic rings. The number of hydrogen-bond donors (Lipinski definition) is 1. The lowest BCUT2D eigenvalue weighted by molar-refractivity contribution is 0.313. The summed E-state index contributed by atoms with van der Waals surface area (Å²) in [5.41, 5.74) is 6.76. The quantitative estimate of drug-likeness (QED) is 0.384. The molecule has 7 heteroatoms. The number of anilines is 3. The number of aromatic nitrogens is 3. The Morgan fingerprint density at radius 1 is 0.947 bits per heavy atom. The van der Waals surface area contributed by atoms with Gasteiger partial charge in [-0.1, -0.05) is 42.5 Å². The molecule has 2 aromatic carbocycles. The molecule has 2 aromatic heterocycles. The van der Waals surface area contributed by atoms with E-state index in [0.29, 0.717) is 23.7 Å². The van der Waals surface area contributed by atoms with Gasteiger partial charge in [-0.15, -0.1) is 0 Å². The third-order valence-corrected chi connectivity index (χ3v) is 7.47. The molecular weight excluding hydrogens is 472 g/mol. The highest BCUT2D eigenvalue weighted by atomic mass is 16.1. The molecule has 192 valence electrons. The average molecular weight is 505 g/mol. The summed E-state index contributed by atoms with van der Waals surface area (Å²) in [6.07, 6.45) is 9.12. The molecule has 0 unspecified atom stereocenters. The van der Waals surface area contributed by atoms with Crippen molar-refractivity contribution < 1.29 is 0 Å². The van der Waals surface area contributed by atoms with Crippen LogP contribution in [-0.4, -0.2) is 52.7 Å². The number of nitrogens with one attached hydrogen (secondary N) is 1. The van der Waals surface area contributed by atoms with E-state index in [1.807, 2.05) is 25.1 Å². The minimum Gasteiger partial charge on any atom is -0.369 e. The standard InChI is InChI=1S/C31H32N6O/c1-3-37-29-25(20-28(30(37)38)24-10-8-23(9-11-24)22-6-4-5-7-22)21-32-31(34-29)33-26-12-14-27(15-13-26)36-18-16-35(2)17-19-36/h4-6,8-15,20-21H,3,7,16-19H2,1-2H3,(H,32,33,34). The Morgan fingerprint density at radius 2 is 1.68 bits per heavy atom. The molecule has 0 atom stereocenters. The maximum Gasteiger partial charge on any atom is 0.260 e. The molecule has 1 aliphatic heterocycles. The van der Waals surface area contributed by atoms with Gasteiger partial charge in [0.15, 0.2) is 0 Å². The van der Waals surface area contributed by atoms with Gasteiger partial charge in [0.2, 0.25) is 5.95 Å². The number of aryl methyl sites for hydroxylation is 1. The molecule has 38 heavy (non-hydrogen) atoms. The van der Waals surface area contributed by atoms with Crippen LogP contribution in [0.4, 0.5) is 17.3 Å². The normalized spacial score (nSPS) is 15.7. The first kappa shape index (κ1) is 24.1. The predicted octanol–water partition coefficient (Wildman–Crippen LogP) is 5.32. The topological polar surface area (TPSA) is 66.3 Å². The smallest absolute Gasteiger partial charge is 0.260 e. The second-order valence-electron chi connectivity index (χ2n) is 9.94. The lowest BCUT2D eigenvalue weighted by Gasteiger charge is -2.34. The molecule has 0 saturated carbocycles. The fourth-order valence-electron chi connectivity index (χ4n) is 5.19. The van der Waals surface area contributed by atoms with Crippen LogP contribution < -0.4 is 15.8 Å². The van der Waals surface area contributed by atoms with E-state index in [2.05, 4.69) is 81.8 Å². The van der Waals surface area contributed by atoms with E-state index in [0.717, 1.165) is 49.2 Å². The molecule has 6 rings (SSSR count). The van der Waals surface area contributed by atoms with Crippen molar-refractivity contribution in [2.75, 3.05) is 43.4 Å². The Hall–Kier alpha value is -4.23. The van der Waals surface area contributed by atoms with E-state index in [9.17, 15) is 4.79 Å². The number of nitrogens with zero attached hydrogens (tertiary/aromatic N) is 5. The molecule has 7 nitrogen and oxygen atoms in total. The Labute approximate surface area is 222 Å². The van der Waals surface area contributed by atoms with Gasteiger partial charge in [-0.05, 0) is 67.4 Å². The van der Waals surface area contributed by atoms with Gasteiger partial charge in [0.25, 0.3) is 5.56 Å². The fourth-order valence-corrected chi connectivity index (χ4v) is 5.19. The molecule has 0 radical (unpaired) electrons. The van der Waals surface area contributed by atoms with Crippen LogP contribution >= 0.6 is 0 Å². The van der Waals surface area contributed by atoms with E-state index >= 15 is 0 Å². The maximum absolute atomic E-state index is 13.5. The Morgan fingerprint density at radius 3 is 2.37 bits per heavy atom. The van der Waals surface area contributed by atoms with Crippen molar-refractivity contribution in [3.05, 3.63) is 94.9 Å². The highest BCUT2D eigenvalue weighted by Crippen LogP contribution is 2.27. The highest BCUT2D eigenvalue weighted by Gasteiger charge is 2.15. The van der Waals surface area contributed by atoms with E-state index in [-0.39, 0.29) is 5.56 Å². The molecule has 1 N–H and O–H groups in total. The van der Waals surface area contributed by atoms with Crippen molar-refractivity contribution in [1.29, 1.82) is 0 Å². The molecular formula is C31H32N6O. The van der Waals surface area contributed by atoms with Gasteiger partial charge in [-0.2, -0.15) is 4.98 Å². The molecule has 1 saturated heterocycles. The van der Waals surface area contributed by atoms with Crippen molar-refractivity contribution in [3.63, 3.8) is 0 Å². The minimum atomic E-state index is -0.0457. The Bertz CT molecular complexity index is 1580. The monoisotopic (exact) mass is 504 g/mol. The largest absolute Gasteiger partial charge is 0.369 e. The number of allylic oxidation sites excluding steroid dienone is 4. The van der Waals surface area contributed by atoms with Crippen LogP contribution in [0.5, 0.6) is 0 Å². The maximum atomic E-state index is 13.5. The minimum absolute atomic E-state index is 0.0457. The lowest BCUT2D eigenvalue weighted by atomic mass is 10.00. The average Bonchev–Trinajstić information content (AvgIpc) is 3.49. The highest BCUT2D eigenvalue weighted by molar-refractivity contribution is 5.82. The van der Waals surface area contributed by atoms with Crippen LogP contribution in [0.15, 0.2) is 83.8 Å². The zero-order valence-electron chi connectivity index (χ0n) is 21.9. The van der Waals surface area contributed by atoms with E-state index in [1.54, 1.807) is 10.8 Å². The zero-order valence-corrected chi connectivity index (χ0v) is 21.9. The summed E-state index contributed by atoms with van der Waals surface area (Å²) in [5.74, 6) is 0.474. The first-order chi connectivity index (χ1) is 18.6. The number of hydrogen-bond acceptors (Lipinski definition) is 6. The van der Waals surface area contributed by atoms with Gasteiger partial charge in [0.1, 0.15) is 5.65 Å². The second kappa shape index (κ2) is 10.3. The van der Waals surface area contributed by atoms with Gasteiger partial charge in [-0.25, -0.2) is 4.98 Å². The number of pyridine rings is 1. The van der Waals surface area contributed by atoms with Gasteiger partial charge in [-0.3, -0.25) is 9.36 Å². The molecule has 1 fully saturated rings. The van der Waals surface area contributed by atoms with Crippen molar-refractivity contribution in [2.24, 2.45) is 0 Å². The molecule has 0 spiro atoms. The number of fused-ring (bicyclic) bond motifs is 1. The summed E-state index contributed by atoms with van der Waals surface area (Å²) in [6.45, 7) is 6.72. The van der Waals surface area contributed by atoms with Crippen LogP contribution in [0.1, 0.15) is 18.9 Å². The van der Waals surface area contributed by atoms with Gasteiger partial charge < -0.3 is 15.1 Å². The lowest BCUT2D eigenvalue weighted by Crippen LogP contribution is -2.44. The summed E-state index contributed by atoms with van der Waals surface area (Å²) >= 11 is 0. The van der Waals surface area contributed by atoms with Crippen LogP contribution in [0.2, 0.25) is 0 Å². The van der Waals surface area contributed by atoms with Crippen molar-refractivity contribution in [1.82, 2.24) is 19.4 Å². The summed E-state index contributed by atoms with van der Waals surface area (Å²) < 4.78 is 1.73. The van der Waals surface area contributed by atoms with E-state index < -0.39 is 0 Å². The third-order valence-electron chi connectivity index (χ3n) is 7.47. The van der Waals surface area contributed by atoms with Crippen LogP contribution in [0.3, 0.4) is 0 Å². The zero-order chi connectivity index (χ0) is 26.1. The number of piperazine rings is 1. The molecule has 0 amide bonds. The Balaban J connectivity index is 1.25. The van der Waals surface area contributed by atoms with Crippen molar-refractivity contribution in [2.45, 2.75) is 19.9 Å². The first-order valence-electron chi connectivity index (χ1n) is 13.3. The van der Waals surface area contributed by atoms with Gasteiger partial charge in [0.05, 0.1) is 0 Å². The number of benzene rings is 2. The second-order valence-corrected chi connectivity index (χ2v) is 9.94.